The first-order valence-corrected chi connectivity index (χ1v) is 11.2. The zero-order chi connectivity index (χ0) is 22.8. The molecule has 1 N–H and O–H groups in total. The second-order valence-electron chi connectivity index (χ2n) is 8.01. The van der Waals surface area contributed by atoms with Gasteiger partial charge in [0.25, 0.3) is 0 Å². The SMILES string of the molecule is CCOC(=O)CN1C(=S)N[C@@H](c2ccccn2)[C@H]1c1cc(C)n(-c2ccccc2C)c1C. The van der Waals surface area contributed by atoms with E-state index in [1.165, 1.54) is 5.56 Å². The molecular formula is C25H28N4O2S. The number of ether oxygens (including phenoxy) is 1. The summed E-state index contributed by atoms with van der Waals surface area (Å²) in [5.41, 5.74) is 6.58. The molecular weight excluding hydrogens is 420 g/mol. The zero-order valence-electron chi connectivity index (χ0n) is 18.8. The third kappa shape index (κ3) is 4.00. The van der Waals surface area contributed by atoms with E-state index in [4.69, 9.17) is 17.0 Å². The second-order valence-corrected chi connectivity index (χ2v) is 8.39. The number of hydrogen-bond acceptors (Lipinski definition) is 4. The Morgan fingerprint density at radius 1 is 1.16 bits per heavy atom. The molecule has 0 bridgehead atoms. The maximum Gasteiger partial charge on any atom is 0.325 e. The van der Waals surface area contributed by atoms with Crippen molar-refractivity contribution in [2.45, 2.75) is 39.8 Å². The van der Waals surface area contributed by atoms with E-state index >= 15 is 0 Å². The quantitative estimate of drug-likeness (QED) is 0.447. The molecule has 6 nitrogen and oxygen atoms in total. The van der Waals surface area contributed by atoms with Gasteiger partial charge in [-0.05, 0) is 75.3 Å². The number of nitrogens with zero attached hydrogens (tertiary/aromatic N) is 3. The van der Waals surface area contributed by atoms with Gasteiger partial charge in [-0.2, -0.15) is 0 Å². The van der Waals surface area contributed by atoms with Crippen LogP contribution in [-0.2, 0) is 9.53 Å². The van der Waals surface area contributed by atoms with Crippen LogP contribution in [0.1, 0.15) is 47.2 Å². The molecule has 2 aromatic heterocycles. The van der Waals surface area contributed by atoms with Crippen molar-refractivity contribution in [1.29, 1.82) is 0 Å². The largest absolute Gasteiger partial charge is 0.465 e. The van der Waals surface area contributed by atoms with Crippen molar-refractivity contribution in [1.82, 2.24) is 19.8 Å². The van der Waals surface area contributed by atoms with Gasteiger partial charge < -0.3 is 19.5 Å². The fourth-order valence-electron chi connectivity index (χ4n) is 4.53. The van der Waals surface area contributed by atoms with Crippen molar-refractivity contribution >= 4 is 23.3 Å². The highest BCUT2D eigenvalue weighted by molar-refractivity contribution is 7.80. The van der Waals surface area contributed by atoms with Gasteiger partial charge >= 0.3 is 5.97 Å². The van der Waals surface area contributed by atoms with Crippen molar-refractivity contribution in [3.05, 3.63) is 82.9 Å². The van der Waals surface area contributed by atoms with E-state index in [0.717, 1.165) is 28.3 Å². The molecule has 1 fully saturated rings. The molecule has 166 valence electrons. The minimum Gasteiger partial charge on any atom is -0.465 e. The van der Waals surface area contributed by atoms with Gasteiger partial charge in [0.2, 0.25) is 0 Å². The molecule has 0 unspecified atom stereocenters. The van der Waals surface area contributed by atoms with E-state index in [-0.39, 0.29) is 24.6 Å². The fourth-order valence-corrected chi connectivity index (χ4v) is 4.84. The average molecular weight is 449 g/mol. The van der Waals surface area contributed by atoms with Crippen LogP contribution < -0.4 is 5.32 Å². The van der Waals surface area contributed by atoms with Crippen LogP contribution in [0.15, 0.2) is 54.7 Å². The highest BCUT2D eigenvalue weighted by Crippen LogP contribution is 2.41. The van der Waals surface area contributed by atoms with Crippen LogP contribution in [0.5, 0.6) is 0 Å². The Morgan fingerprint density at radius 2 is 1.91 bits per heavy atom. The van der Waals surface area contributed by atoms with E-state index < -0.39 is 0 Å². The normalized spacial score (nSPS) is 18.0. The van der Waals surface area contributed by atoms with Crippen LogP contribution >= 0.6 is 12.2 Å². The van der Waals surface area contributed by atoms with Crippen LogP contribution in [0.3, 0.4) is 0 Å². The molecule has 1 saturated heterocycles. The summed E-state index contributed by atoms with van der Waals surface area (Å²) in [6.45, 7) is 8.57. The van der Waals surface area contributed by atoms with E-state index in [0.29, 0.717) is 11.7 Å². The number of aromatic nitrogens is 2. The van der Waals surface area contributed by atoms with Gasteiger partial charge in [-0.3, -0.25) is 9.78 Å². The maximum absolute atomic E-state index is 12.4. The number of hydrogen-bond donors (Lipinski definition) is 1. The van der Waals surface area contributed by atoms with Crippen molar-refractivity contribution in [2.75, 3.05) is 13.2 Å². The van der Waals surface area contributed by atoms with Gasteiger partial charge in [0.05, 0.1) is 24.4 Å². The molecule has 0 spiro atoms. The number of para-hydroxylation sites is 1. The lowest BCUT2D eigenvalue weighted by Gasteiger charge is -2.27. The van der Waals surface area contributed by atoms with Gasteiger partial charge in [-0.15, -0.1) is 0 Å². The standard InChI is InChI=1S/C25H28N4O2S/c1-5-31-22(30)15-28-24(23(27-25(28)32)20-11-8-9-13-26-20)19-14-17(3)29(18(19)4)21-12-7-6-10-16(21)2/h6-14,23-24H,5,15H2,1-4H3,(H,27,32)/t23-,24+/m0/s1. The van der Waals surface area contributed by atoms with Crippen molar-refractivity contribution in [2.24, 2.45) is 0 Å². The number of rotatable bonds is 6. The van der Waals surface area contributed by atoms with Crippen molar-refractivity contribution < 1.29 is 9.53 Å². The second kappa shape index (κ2) is 9.12. The van der Waals surface area contributed by atoms with Crippen LogP contribution in [0.4, 0.5) is 0 Å². The zero-order valence-corrected chi connectivity index (χ0v) is 19.6. The molecule has 4 rings (SSSR count). The molecule has 0 amide bonds. The molecule has 0 saturated carbocycles. The number of benzene rings is 1. The molecule has 3 heterocycles. The first kappa shape index (κ1) is 22.0. The Balaban J connectivity index is 1.83. The Labute approximate surface area is 194 Å². The van der Waals surface area contributed by atoms with E-state index in [1.807, 2.05) is 36.1 Å². The molecule has 0 radical (unpaired) electrons. The Hall–Kier alpha value is -3.19. The molecule has 2 atom stereocenters. The van der Waals surface area contributed by atoms with Crippen LogP contribution in [0.25, 0.3) is 5.69 Å². The number of thiocarbonyl (C=S) groups is 1. The minimum atomic E-state index is -0.295. The number of pyridine rings is 1. The average Bonchev–Trinajstić information content (AvgIpc) is 3.25. The van der Waals surface area contributed by atoms with E-state index in [1.54, 1.807) is 6.20 Å². The predicted octanol–water partition coefficient (Wildman–Crippen LogP) is 4.33. The van der Waals surface area contributed by atoms with E-state index in [2.05, 4.69) is 59.9 Å². The third-order valence-corrected chi connectivity index (χ3v) is 6.30. The van der Waals surface area contributed by atoms with Gasteiger partial charge in [-0.25, -0.2) is 0 Å². The highest BCUT2D eigenvalue weighted by Gasteiger charge is 2.42. The molecule has 1 aromatic carbocycles. The lowest BCUT2D eigenvalue weighted by atomic mass is 9.96. The lowest BCUT2D eigenvalue weighted by Crippen LogP contribution is -2.35. The van der Waals surface area contributed by atoms with Gasteiger partial charge in [0.1, 0.15) is 6.54 Å². The highest BCUT2D eigenvalue weighted by atomic mass is 32.1. The van der Waals surface area contributed by atoms with E-state index in [9.17, 15) is 4.79 Å². The Kier molecular flexibility index (Phi) is 6.28. The monoisotopic (exact) mass is 448 g/mol. The minimum absolute atomic E-state index is 0.0850. The molecule has 3 aromatic rings. The Bertz CT molecular complexity index is 1140. The summed E-state index contributed by atoms with van der Waals surface area (Å²) in [5, 5.41) is 3.93. The predicted molar refractivity (Wildman–Crippen MR) is 129 cm³/mol. The summed E-state index contributed by atoms with van der Waals surface area (Å²) in [6, 6.07) is 16.0. The number of aryl methyl sites for hydroxylation is 2. The van der Waals surface area contributed by atoms with Gasteiger partial charge in [0.15, 0.2) is 5.11 Å². The molecule has 32 heavy (non-hydrogen) atoms. The van der Waals surface area contributed by atoms with Crippen molar-refractivity contribution in [3.8, 4) is 5.69 Å². The summed E-state index contributed by atoms with van der Waals surface area (Å²) >= 11 is 5.67. The van der Waals surface area contributed by atoms with Crippen molar-refractivity contribution in [3.63, 3.8) is 0 Å². The number of esters is 1. The topological polar surface area (TPSA) is 59.4 Å². The lowest BCUT2D eigenvalue weighted by molar-refractivity contribution is -0.143. The summed E-state index contributed by atoms with van der Waals surface area (Å²) < 4.78 is 7.50. The number of carbonyl (C=O) groups is 1. The summed E-state index contributed by atoms with van der Waals surface area (Å²) in [4.78, 5) is 18.9. The summed E-state index contributed by atoms with van der Waals surface area (Å²) in [6.07, 6.45) is 1.78. The first-order valence-electron chi connectivity index (χ1n) is 10.8. The first-order chi connectivity index (χ1) is 15.4. The number of nitrogens with one attached hydrogen (secondary N) is 1. The third-order valence-electron chi connectivity index (χ3n) is 5.95. The molecule has 7 heteroatoms. The molecule has 1 aliphatic rings. The Morgan fingerprint density at radius 3 is 2.59 bits per heavy atom. The summed E-state index contributed by atoms with van der Waals surface area (Å²) in [5.74, 6) is -0.295. The molecule has 1 aliphatic heterocycles. The van der Waals surface area contributed by atoms with Gasteiger partial charge in [-0.1, -0.05) is 24.3 Å². The smallest absolute Gasteiger partial charge is 0.325 e. The number of carbonyl (C=O) groups excluding carboxylic acids is 1. The van der Waals surface area contributed by atoms with Crippen LogP contribution in [-0.4, -0.2) is 38.7 Å². The van der Waals surface area contributed by atoms with Crippen LogP contribution in [0, 0.1) is 20.8 Å². The fraction of sp³-hybridized carbons (Fsp3) is 0.320. The maximum atomic E-state index is 12.4. The van der Waals surface area contributed by atoms with Gasteiger partial charge in [0, 0.05) is 23.3 Å². The molecule has 0 aliphatic carbocycles. The summed E-state index contributed by atoms with van der Waals surface area (Å²) in [7, 11) is 0. The van der Waals surface area contributed by atoms with Crippen LogP contribution in [0.2, 0.25) is 0 Å².